The number of rotatable bonds is 9. The molecule has 4 rings (SSSR count). The SMILES string of the molecule is NS(=O)(=O)Cc1cc(C(O)CNCCOc2ccc3c(c2)[nH]c2ccccc23)ccc1Br. The van der Waals surface area contributed by atoms with Crippen molar-refractivity contribution >= 4 is 47.8 Å². The van der Waals surface area contributed by atoms with Gasteiger partial charge in [0.2, 0.25) is 10.0 Å². The number of ether oxygens (including phenoxy) is 1. The van der Waals surface area contributed by atoms with E-state index in [0.29, 0.717) is 35.3 Å². The third kappa shape index (κ3) is 5.48. The van der Waals surface area contributed by atoms with Crippen LogP contribution >= 0.6 is 15.9 Å². The summed E-state index contributed by atoms with van der Waals surface area (Å²) in [6.45, 7) is 1.29. The van der Waals surface area contributed by atoms with Crippen molar-refractivity contribution in [2.75, 3.05) is 19.7 Å². The van der Waals surface area contributed by atoms with Gasteiger partial charge in [0.1, 0.15) is 12.4 Å². The number of sulfonamides is 1. The number of primary sulfonamides is 1. The fraction of sp³-hybridized carbons (Fsp3) is 0.217. The molecule has 0 radical (unpaired) electrons. The summed E-state index contributed by atoms with van der Waals surface area (Å²) >= 11 is 3.32. The maximum Gasteiger partial charge on any atom is 0.213 e. The first kappa shape index (κ1) is 22.8. The second-order valence-electron chi connectivity index (χ2n) is 7.60. The fourth-order valence-electron chi connectivity index (χ4n) is 3.65. The Morgan fingerprint density at radius 2 is 1.84 bits per heavy atom. The van der Waals surface area contributed by atoms with Crippen LogP contribution < -0.4 is 15.2 Å². The highest BCUT2D eigenvalue weighted by Crippen LogP contribution is 2.28. The van der Waals surface area contributed by atoms with Gasteiger partial charge in [0.25, 0.3) is 0 Å². The molecular formula is C23H24BrN3O4S. The predicted molar refractivity (Wildman–Crippen MR) is 130 cm³/mol. The topological polar surface area (TPSA) is 117 Å². The second-order valence-corrected chi connectivity index (χ2v) is 10.1. The molecule has 0 aliphatic heterocycles. The number of hydrogen-bond donors (Lipinski definition) is 4. The van der Waals surface area contributed by atoms with E-state index in [4.69, 9.17) is 9.88 Å². The second kappa shape index (κ2) is 9.60. The number of aromatic nitrogens is 1. The van der Waals surface area contributed by atoms with Crippen LogP contribution in [0.4, 0.5) is 0 Å². The van der Waals surface area contributed by atoms with Gasteiger partial charge >= 0.3 is 0 Å². The zero-order valence-electron chi connectivity index (χ0n) is 17.2. The van der Waals surface area contributed by atoms with Gasteiger partial charge in [0, 0.05) is 39.9 Å². The molecule has 0 amide bonds. The smallest absolute Gasteiger partial charge is 0.213 e. The Morgan fingerprint density at radius 1 is 1.06 bits per heavy atom. The van der Waals surface area contributed by atoms with Crippen LogP contribution in [0.15, 0.2) is 65.1 Å². The normalized spacial score (nSPS) is 13.0. The highest BCUT2D eigenvalue weighted by molar-refractivity contribution is 9.10. The molecule has 0 saturated carbocycles. The van der Waals surface area contributed by atoms with E-state index >= 15 is 0 Å². The molecule has 9 heteroatoms. The average Bonchev–Trinajstić information content (AvgIpc) is 3.11. The maximum absolute atomic E-state index is 11.4. The summed E-state index contributed by atoms with van der Waals surface area (Å²) in [7, 11) is -3.66. The molecule has 3 aromatic carbocycles. The van der Waals surface area contributed by atoms with Crippen LogP contribution in [0.3, 0.4) is 0 Å². The molecule has 168 valence electrons. The van der Waals surface area contributed by atoms with Crippen molar-refractivity contribution in [1.29, 1.82) is 0 Å². The molecule has 7 nitrogen and oxygen atoms in total. The number of H-pyrrole nitrogens is 1. The molecule has 5 N–H and O–H groups in total. The van der Waals surface area contributed by atoms with E-state index in [1.165, 1.54) is 5.39 Å². The van der Waals surface area contributed by atoms with Crippen molar-refractivity contribution in [2.24, 2.45) is 5.14 Å². The van der Waals surface area contributed by atoms with Crippen molar-refractivity contribution in [3.8, 4) is 5.75 Å². The quantitative estimate of drug-likeness (QED) is 0.253. The molecule has 0 aliphatic rings. The number of halogens is 1. The predicted octanol–water partition coefficient (Wildman–Crippen LogP) is 3.57. The minimum absolute atomic E-state index is 0.296. The highest BCUT2D eigenvalue weighted by atomic mass is 79.9. The first-order chi connectivity index (χ1) is 15.3. The number of aliphatic hydroxyl groups is 1. The molecule has 1 aromatic heterocycles. The standard InChI is InChI=1S/C23H24BrN3O4S/c24-20-8-5-15(11-16(20)14-32(25,29)30)23(28)13-26-9-10-31-17-6-7-19-18-3-1-2-4-21(18)27-22(19)12-17/h1-8,11-12,23,26-28H,9-10,13-14H2,(H2,25,29,30). The Labute approximate surface area is 194 Å². The fourth-order valence-corrected chi connectivity index (χ4v) is 4.90. The molecule has 1 unspecified atom stereocenters. The van der Waals surface area contributed by atoms with E-state index in [2.05, 4.69) is 38.4 Å². The number of benzene rings is 3. The lowest BCUT2D eigenvalue weighted by Gasteiger charge is -2.14. The largest absolute Gasteiger partial charge is 0.492 e. The summed E-state index contributed by atoms with van der Waals surface area (Å²) in [4.78, 5) is 3.40. The van der Waals surface area contributed by atoms with E-state index in [-0.39, 0.29) is 5.75 Å². The van der Waals surface area contributed by atoms with Gasteiger partial charge in [-0.05, 0) is 35.4 Å². The summed E-state index contributed by atoms with van der Waals surface area (Å²) in [6.07, 6.45) is -0.787. The number of aliphatic hydroxyl groups excluding tert-OH is 1. The number of aromatic amines is 1. The van der Waals surface area contributed by atoms with E-state index in [1.54, 1.807) is 18.2 Å². The zero-order chi connectivity index (χ0) is 22.7. The van der Waals surface area contributed by atoms with Gasteiger partial charge in [0.15, 0.2) is 0 Å². The molecule has 0 aliphatic carbocycles. The summed E-state index contributed by atoms with van der Waals surface area (Å²) < 4.78 is 29.2. The molecule has 32 heavy (non-hydrogen) atoms. The van der Waals surface area contributed by atoms with Crippen LogP contribution in [0.25, 0.3) is 21.8 Å². The van der Waals surface area contributed by atoms with Crippen molar-refractivity contribution in [1.82, 2.24) is 10.3 Å². The lowest BCUT2D eigenvalue weighted by Crippen LogP contribution is -2.26. The average molecular weight is 518 g/mol. The van der Waals surface area contributed by atoms with Crippen molar-refractivity contribution in [3.05, 3.63) is 76.3 Å². The van der Waals surface area contributed by atoms with E-state index < -0.39 is 16.1 Å². The molecule has 0 spiro atoms. The zero-order valence-corrected chi connectivity index (χ0v) is 19.6. The third-order valence-corrected chi connectivity index (χ3v) is 6.66. The van der Waals surface area contributed by atoms with Gasteiger partial charge in [-0.25, -0.2) is 13.6 Å². The van der Waals surface area contributed by atoms with Crippen LogP contribution in [0.5, 0.6) is 5.75 Å². The first-order valence-electron chi connectivity index (χ1n) is 10.1. The summed E-state index contributed by atoms with van der Waals surface area (Å²) in [5.41, 5.74) is 3.25. The molecular weight excluding hydrogens is 494 g/mol. The maximum atomic E-state index is 11.4. The number of hydrogen-bond acceptors (Lipinski definition) is 5. The van der Waals surface area contributed by atoms with E-state index in [0.717, 1.165) is 22.2 Å². The molecule has 0 fully saturated rings. The van der Waals surface area contributed by atoms with E-state index in [9.17, 15) is 13.5 Å². The van der Waals surface area contributed by atoms with Gasteiger partial charge in [-0.2, -0.15) is 0 Å². The van der Waals surface area contributed by atoms with Crippen LogP contribution in [0, 0.1) is 0 Å². The van der Waals surface area contributed by atoms with Crippen molar-refractivity contribution in [2.45, 2.75) is 11.9 Å². The van der Waals surface area contributed by atoms with Crippen LogP contribution in [0.2, 0.25) is 0 Å². The van der Waals surface area contributed by atoms with Crippen molar-refractivity contribution < 1.29 is 18.3 Å². The summed E-state index contributed by atoms with van der Waals surface area (Å²) in [5, 5.41) is 21.1. The molecule has 0 bridgehead atoms. The molecule has 0 saturated heterocycles. The molecule has 1 atom stereocenters. The van der Waals surface area contributed by atoms with Gasteiger partial charge in [0.05, 0.1) is 17.4 Å². The first-order valence-corrected chi connectivity index (χ1v) is 12.6. The summed E-state index contributed by atoms with van der Waals surface area (Å²) in [5.74, 6) is 0.475. The monoisotopic (exact) mass is 517 g/mol. The Balaban J connectivity index is 1.29. The lowest BCUT2D eigenvalue weighted by molar-refractivity contribution is 0.172. The van der Waals surface area contributed by atoms with Gasteiger partial charge in [-0.15, -0.1) is 0 Å². The van der Waals surface area contributed by atoms with Gasteiger partial charge in [-0.3, -0.25) is 0 Å². The van der Waals surface area contributed by atoms with Crippen LogP contribution in [-0.4, -0.2) is 38.2 Å². The Kier molecular flexibility index (Phi) is 6.82. The van der Waals surface area contributed by atoms with Crippen LogP contribution in [0.1, 0.15) is 17.2 Å². The lowest BCUT2D eigenvalue weighted by atomic mass is 10.1. The number of fused-ring (bicyclic) bond motifs is 3. The van der Waals surface area contributed by atoms with Gasteiger partial charge in [-0.1, -0.05) is 46.3 Å². The number of para-hydroxylation sites is 1. The Hall–Kier alpha value is -2.43. The number of nitrogens with two attached hydrogens (primary N) is 1. The minimum Gasteiger partial charge on any atom is -0.492 e. The number of nitrogens with one attached hydrogen (secondary N) is 2. The Bertz CT molecular complexity index is 1350. The minimum atomic E-state index is -3.66. The third-order valence-electron chi connectivity index (χ3n) is 5.17. The van der Waals surface area contributed by atoms with E-state index in [1.807, 2.05) is 30.3 Å². The molecule has 1 heterocycles. The van der Waals surface area contributed by atoms with Crippen LogP contribution in [-0.2, 0) is 15.8 Å². The van der Waals surface area contributed by atoms with Gasteiger partial charge < -0.3 is 20.1 Å². The van der Waals surface area contributed by atoms with Crippen molar-refractivity contribution in [3.63, 3.8) is 0 Å². The Morgan fingerprint density at radius 3 is 2.66 bits per heavy atom. The highest BCUT2D eigenvalue weighted by Gasteiger charge is 2.13. The molecule has 4 aromatic rings. The summed E-state index contributed by atoms with van der Waals surface area (Å²) in [6, 6.07) is 19.3.